The van der Waals surface area contributed by atoms with Gasteiger partial charge in [-0.1, -0.05) is 61.7 Å². The van der Waals surface area contributed by atoms with E-state index in [2.05, 4.69) is 26.8 Å². The van der Waals surface area contributed by atoms with Gasteiger partial charge in [-0.2, -0.15) is 0 Å². The van der Waals surface area contributed by atoms with E-state index in [0.717, 1.165) is 22.7 Å². The van der Waals surface area contributed by atoms with Crippen LogP contribution in [0.4, 0.5) is 4.48 Å². The van der Waals surface area contributed by atoms with Gasteiger partial charge >= 0.3 is 0 Å². The lowest BCUT2D eigenvalue weighted by Gasteiger charge is -2.27. The predicted molar refractivity (Wildman–Crippen MR) is 74.4 cm³/mol. The zero-order valence-corrected chi connectivity index (χ0v) is 11.3. The number of hydrogen-bond acceptors (Lipinski definition) is 1. The van der Waals surface area contributed by atoms with Gasteiger partial charge in [-0.05, 0) is 23.5 Å². The van der Waals surface area contributed by atoms with E-state index in [1.807, 2.05) is 36.4 Å². The molecule has 0 radical (unpaired) electrons. The largest absolute Gasteiger partial charge is 0.207 e. The van der Waals surface area contributed by atoms with Crippen molar-refractivity contribution >= 4 is 5.70 Å². The first kappa shape index (κ1) is 12.9. The van der Waals surface area contributed by atoms with E-state index in [9.17, 15) is 4.48 Å². The van der Waals surface area contributed by atoms with Gasteiger partial charge in [0.15, 0.2) is 0 Å². The summed E-state index contributed by atoms with van der Waals surface area (Å²) in [6.45, 7) is 6.89. The molecule has 2 rings (SSSR count). The van der Waals surface area contributed by atoms with Crippen LogP contribution in [0.5, 0.6) is 0 Å². The van der Waals surface area contributed by atoms with Crippen LogP contribution in [-0.4, -0.2) is 11.7 Å². The quantitative estimate of drug-likeness (QED) is 0.689. The van der Waals surface area contributed by atoms with Crippen LogP contribution < -0.4 is 0 Å². The normalized spacial score (nSPS) is 16.3. The van der Waals surface area contributed by atoms with Gasteiger partial charge in [0, 0.05) is 5.56 Å². The predicted octanol–water partition coefficient (Wildman–Crippen LogP) is 4.59. The Bertz CT molecular complexity index is 466. The molecule has 0 spiro atoms. The lowest BCUT2D eigenvalue weighted by molar-refractivity contribution is 0.114. The summed E-state index contributed by atoms with van der Waals surface area (Å²) in [6, 6.07) is 9.66. The molecule has 0 saturated heterocycles. The summed E-state index contributed by atoms with van der Waals surface area (Å²) in [5.74, 6) is 0. The summed E-state index contributed by atoms with van der Waals surface area (Å²) in [6.07, 6.45) is 4.86. The Hall–Kier alpha value is -1.57. The van der Waals surface area contributed by atoms with E-state index in [4.69, 9.17) is 0 Å². The van der Waals surface area contributed by atoms with Crippen LogP contribution in [0.3, 0.4) is 0 Å². The molecule has 1 nitrogen and oxygen atoms in total. The number of hydrogen-bond donors (Lipinski definition) is 0. The summed E-state index contributed by atoms with van der Waals surface area (Å²) in [7, 11) is 0. The highest BCUT2D eigenvalue weighted by molar-refractivity contribution is 5.66. The van der Waals surface area contributed by atoms with Gasteiger partial charge in [0.2, 0.25) is 0 Å². The average molecular weight is 245 g/mol. The number of allylic oxidation sites excluding steroid dienone is 2. The van der Waals surface area contributed by atoms with Gasteiger partial charge in [0.1, 0.15) is 0 Å². The van der Waals surface area contributed by atoms with E-state index < -0.39 is 0 Å². The van der Waals surface area contributed by atoms with Crippen molar-refractivity contribution in [1.29, 1.82) is 0 Å². The first-order chi connectivity index (χ1) is 8.46. The maximum absolute atomic E-state index is 14.1. The van der Waals surface area contributed by atoms with Crippen molar-refractivity contribution in [2.45, 2.75) is 27.2 Å². The molecular weight excluding hydrogens is 225 g/mol. The Kier molecular flexibility index (Phi) is 3.55. The molecule has 1 aromatic rings. The number of halogens is 1. The summed E-state index contributed by atoms with van der Waals surface area (Å²) in [4.78, 5) is 0. The smallest absolute Gasteiger partial charge is 0.0763 e. The number of benzene rings is 1. The van der Waals surface area contributed by atoms with Gasteiger partial charge in [0.25, 0.3) is 0 Å². The third-order valence-corrected chi connectivity index (χ3v) is 2.91. The van der Waals surface area contributed by atoms with E-state index in [1.54, 1.807) is 0 Å². The maximum atomic E-state index is 14.1. The van der Waals surface area contributed by atoms with Crippen molar-refractivity contribution in [2.24, 2.45) is 5.41 Å². The molecular formula is C16H20FN. The highest BCUT2D eigenvalue weighted by atomic mass is 19.2. The van der Waals surface area contributed by atoms with E-state index in [1.165, 1.54) is 0 Å². The minimum atomic E-state index is 0.199. The molecule has 1 aromatic carbocycles. The van der Waals surface area contributed by atoms with Crippen molar-refractivity contribution in [3.63, 3.8) is 0 Å². The second-order valence-electron chi connectivity index (χ2n) is 6.00. The summed E-state index contributed by atoms with van der Waals surface area (Å²) >= 11 is 0. The zero-order valence-electron chi connectivity index (χ0n) is 11.3. The molecule has 0 atom stereocenters. The second-order valence-corrected chi connectivity index (χ2v) is 6.00. The van der Waals surface area contributed by atoms with Gasteiger partial charge in [0.05, 0.1) is 12.2 Å². The molecule has 0 aliphatic carbocycles. The Morgan fingerprint density at radius 2 is 1.78 bits per heavy atom. The Morgan fingerprint density at radius 3 is 2.33 bits per heavy atom. The number of nitrogens with zero attached hydrogens (tertiary/aromatic N) is 1. The summed E-state index contributed by atoms with van der Waals surface area (Å²) in [5, 5.41) is 0.844. The van der Waals surface area contributed by atoms with Gasteiger partial charge in [-0.25, -0.2) is 5.12 Å². The van der Waals surface area contributed by atoms with Crippen LogP contribution >= 0.6 is 0 Å². The Morgan fingerprint density at radius 1 is 1.11 bits per heavy atom. The molecule has 18 heavy (non-hydrogen) atoms. The van der Waals surface area contributed by atoms with Crippen LogP contribution in [0, 0.1) is 5.41 Å². The van der Waals surface area contributed by atoms with E-state index >= 15 is 0 Å². The van der Waals surface area contributed by atoms with Gasteiger partial charge in [-0.15, -0.1) is 0 Å². The summed E-state index contributed by atoms with van der Waals surface area (Å²) < 4.78 is 14.1. The second kappa shape index (κ2) is 4.97. The van der Waals surface area contributed by atoms with Crippen molar-refractivity contribution < 1.29 is 4.48 Å². The fourth-order valence-corrected chi connectivity index (χ4v) is 2.24. The van der Waals surface area contributed by atoms with Crippen molar-refractivity contribution in [3.8, 4) is 0 Å². The Labute approximate surface area is 109 Å². The molecule has 0 aromatic heterocycles. The third kappa shape index (κ3) is 3.22. The lowest BCUT2D eigenvalue weighted by atomic mass is 9.87. The standard InChI is InChI=1S/C16H20FN/c1-16(2,3)11-13-9-10-15(18(17)12-13)14-7-5-4-6-8-14/h4-10H,11-12H2,1-3H3. The highest BCUT2D eigenvalue weighted by Crippen LogP contribution is 2.30. The van der Waals surface area contributed by atoms with Crippen LogP contribution in [0.15, 0.2) is 48.1 Å². The number of rotatable bonds is 2. The maximum Gasteiger partial charge on any atom is 0.0763 e. The lowest BCUT2D eigenvalue weighted by Crippen LogP contribution is -2.21. The molecule has 1 aliphatic rings. The van der Waals surface area contributed by atoms with Gasteiger partial charge in [-0.3, -0.25) is 0 Å². The monoisotopic (exact) mass is 245 g/mol. The topological polar surface area (TPSA) is 3.24 Å². The molecule has 0 bridgehead atoms. The SMILES string of the molecule is CC(C)(C)CC1=CC=C(c2ccccc2)N(F)C1. The van der Waals surface area contributed by atoms with E-state index in [0.29, 0.717) is 12.2 Å². The molecule has 0 saturated carbocycles. The molecule has 1 aliphatic heterocycles. The summed E-state index contributed by atoms with van der Waals surface area (Å²) in [5.41, 5.74) is 2.91. The molecule has 96 valence electrons. The first-order valence-corrected chi connectivity index (χ1v) is 6.34. The van der Waals surface area contributed by atoms with Gasteiger partial charge < -0.3 is 0 Å². The molecule has 1 heterocycles. The fraction of sp³-hybridized carbons (Fsp3) is 0.375. The van der Waals surface area contributed by atoms with Crippen molar-refractivity contribution in [1.82, 2.24) is 5.12 Å². The molecule has 0 unspecified atom stereocenters. The Balaban J connectivity index is 2.20. The van der Waals surface area contributed by atoms with Crippen LogP contribution in [0.2, 0.25) is 0 Å². The van der Waals surface area contributed by atoms with Crippen LogP contribution in [-0.2, 0) is 0 Å². The highest BCUT2D eigenvalue weighted by Gasteiger charge is 2.20. The molecule has 0 fully saturated rings. The van der Waals surface area contributed by atoms with Crippen LogP contribution in [0.25, 0.3) is 5.70 Å². The molecule has 0 N–H and O–H groups in total. The van der Waals surface area contributed by atoms with E-state index in [-0.39, 0.29) is 5.41 Å². The minimum Gasteiger partial charge on any atom is -0.207 e. The third-order valence-electron chi connectivity index (χ3n) is 2.91. The fourth-order valence-electron chi connectivity index (χ4n) is 2.24. The minimum absolute atomic E-state index is 0.199. The van der Waals surface area contributed by atoms with Crippen LogP contribution in [0.1, 0.15) is 32.8 Å². The molecule has 0 amide bonds. The van der Waals surface area contributed by atoms with Crippen molar-refractivity contribution in [3.05, 3.63) is 53.6 Å². The van der Waals surface area contributed by atoms with Crippen molar-refractivity contribution in [2.75, 3.05) is 6.54 Å². The first-order valence-electron chi connectivity index (χ1n) is 6.34. The molecule has 2 heteroatoms. The zero-order chi connectivity index (χ0) is 13.2. The average Bonchev–Trinajstić information content (AvgIpc) is 2.28.